The maximum absolute atomic E-state index is 9.23. The fraction of sp³-hybridized carbons (Fsp3) is 0.571. The van der Waals surface area contributed by atoms with Crippen LogP contribution in [0.5, 0.6) is 0 Å². The quantitative estimate of drug-likeness (QED) is 0.814. The molecule has 2 atom stereocenters. The molecule has 1 aliphatic carbocycles. The maximum atomic E-state index is 9.23. The van der Waals surface area contributed by atoms with E-state index in [0.717, 1.165) is 13.0 Å². The van der Waals surface area contributed by atoms with Crippen molar-refractivity contribution in [3.05, 3.63) is 34.9 Å². The van der Waals surface area contributed by atoms with Crippen LogP contribution in [0.25, 0.3) is 0 Å². The first-order chi connectivity index (χ1) is 7.68. The molecule has 2 N–H and O–H groups in total. The number of benzene rings is 1. The number of aliphatic hydroxyl groups excluding tert-OH is 1. The highest BCUT2D eigenvalue weighted by Gasteiger charge is 2.22. The van der Waals surface area contributed by atoms with E-state index in [2.05, 4.69) is 30.4 Å². The molecule has 2 heteroatoms. The van der Waals surface area contributed by atoms with Crippen molar-refractivity contribution in [3.63, 3.8) is 0 Å². The molecular weight excluding hydrogens is 198 g/mol. The molecule has 0 saturated heterocycles. The molecule has 1 aromatic carbocycles. The van der Waals surface area contributed by atoms with Crippen molar-refractivity contribution >= 4 is 0 Å². The lowest BCUT2D eigenvalue weighted by molar-refractivity contribution is 0.182. The number of nitrogens with one attached hydrogen (secondary N) is 1. The van der Waals surface area contributed by atoms with Crippen molar-refractivity contribution in [1.29, 1.82) is 0 Å². The fourth-order valence-corrected chi connectivity index (χ4v) is 2.52. The smallest absolute Gasteiger partial charge is 0.0524 e. The van der Waals surface area contributed by atoms with Crippen molar-refractivity contribution in [3.8, 4) is 0 Å². The Morgan fingerprint density at radius 3 is 3.06 bits per heavy atom. The van der Waals surface area contributed by atoms with Gasteiger partial charge in [0.15, 0.2) is 0 Å². The molecule has 2 nitrogen and oxygen atoms in total. The lowest BCUT2D eigenvalue weighted by Crippen LogP contribution is -2.23. The Hall–Kier alpha value is -0.860. The van der Waals surface area contributed by atoms with Gasteiger partial charge >= 0.3 is 0 Å². The molecule has 0 bridgehead atoms. The molecule has 0 aromatic heterocycles. The van der Waals surface area contributed by atoms with Gasteiger partial charge < -0.3 is 10.4 Å². The van der Waals surface area contributed by atoms with E-state index < -0.39 is 0 Å². The molecule has 2 unspecified atom stereocenters. The summed E-state index contributed by atoms with van der Waals surface area (Å²) >= 11 is 0. The summed E-state index contributed by atoms with van der Waals surface area (Å²) in [7, 11) is 0. The molecule has 16 heavy (non-hydrogen) atoms. The van der Waals surface area contributed by atoms with Gasteiger partial charge in [0.1, 0.15) is 0 Å². The van der Waals surface area contributed by atoms with Gasteiger partial charge in [0.05, 0.1) is 6.10 Å². The van der Waals surface area contributed by atoms with E-state index >= 15 is 0 Å². The molecule has 88 valence electrons. The van der Waals surface area contributed by atoms with Gasteiger partial charge in [0.2, 0.25) is 0 Å². The van der Waals surface area contributed by atoms with Crippen molar-refractivity contribution in [2.24, 2.45) is 0 Å². The van der Waals surface area contributed by atoms with Gasteiger partial charge in [-0.15, -0.1) is 0 Å². The monoisotopic (exact) mass is 219 g/mol. The van der Waals surface area contributed by atoms with E-state index in [4.69, 9.17) is 0 Å². The Kier molecular flexibility index (Phi) is 3.62. The number of fused-ring (bicyclic) bond motifs is 1. The summed E-state index contributed by atoms with van der Waals surface area (Å²) in [5.74, 6) is 0. The van der Waals surface area contributed by atoms with Crippen molar-refractivity contribution in [2.75, 3.05) is 6.54 Å². The predicted octanol–water partition coefficient (Wildman–Crippen LogP) is 2.34. The van der Waals surface area contributed by atoms with Crippen LogP contribution < -0.4 is 5.32 Å². The normalized spacial score (nSPS) is 20.8. The molecule has 1 aliphatic rings. The molecule has 0 amide bonds. The zero-order valence-electron chi connectivity index (χ0n) is 10.2. The van der Waals surface area contributed by atoms with Crippen LogP contribution in [0.4, 0.5) is 0 Å². The van der Waals surface area contributed by atoms with Gasteiger partial charge in [0.25, 0.3) is 0 Å². The highest BCUT2D eigenvalue weighted by Crippen LogP contribution is 2.32. The van der Waals surface area contributed by atoms with Gasteiger partial charge in [0, 0.05) is 6.04 Å². The van der Waals surface area contributed by atoms with Crippen molar-refractivity contribution in [1.82, 2.24) is 5.32 Å². The van der Waals surface area contributed by atoms with Crippen LogP contribution in [-0.4, -0.2) is 17.8 Å². The average Bonchev–Trinajstić information content (AvgIpc) is 2.63. The lowest BCUT2D eigenvalue weighted by Gasteiger charge is -2.15. The number of aliphatic hydroxyl groups is 1. The average molecular weight is 219 g/mol. The Balaban J connectivity index is 1.98. The van der Waals surface area contributed by atoms with Crippen LogP contribution in [0.3, 0.4) is 0 Å². The third-order valence-corrected chi connectivity index (χ3v) is 3.46. The highest BCUT2D eigenvalue weighted by atomic mass is 16.3. The number of aryl methyl sites for hydroxylation is 1. The Bertz CT molecular complexity index is 360. The van der Waals surface area contributed by atoms with E-state index in [1.54, 1.807) is 0 Å². The standard InChI is InChI=1S/C14H21NO/c1-10-4-3-5-13-12(10)6-7-14(13)15-9-8-11(2)16/h3-5,11,14-16H,6-9H2,1-2H3. The molecular formula is C14H21NO. The van der Waals surface area contributed by atoms with Gasteiger partial charge in [-0.25, -0.2) is 0 Å². The topological polar surface area (TPSA) is 32.3 Å². The first-order valence-electron chi connectivity index (χ1n) is 6.18. The van der Waals surface area contributed by atoms with E-state index in [0.29, 0.717) is 6.04 Å². The third kappa shape index (κ3) is 2.45. The van der Waals surface area contributed by atoms with E-state index in [-0.39, 0.29) is 6.10 Å². The minimum absolute atomic E-state index is 0.203. The molecule has 1 aromatic rings. The van der Waals surface area contributed by atoms with E-state index in [1.807, 2.05) is 6.92 Å². The van der Waals surface area contributed by atoms with Crippen LogP contribution in [0.15, 0.2) is 18.2 Å². The summed E-state index contributed by atoms with van der Waals surface area (Å²) in [6, 6.07) is 7.06. The largest absolute Gasteiger partial charge is 0.393 e. The third-order valence-electron chi connectivity index (χ3n) is 3.46. The Labute approximate surface area is 97.7 Å². The summed E-state index contributed by atoms with van der Waals surface area (Å²) in [5, 5.41) is 12.8. The number of hydrogen-bond acceptors (Lipinski definition) is 2. The Morgan fingerprint density at radius 2 is 2.31 bits per heavy atom. The first-order valence-corrected chi connectivity index (χ1v) is 6.18. The minimum Gasteiger partial charge on any atom is -0.393 e. The number of rotatable bonds is 4. The van der Waals surface area contributed by atoms with Gasteiger partial charge in [-0.3, -0.25) is 0 Å². The summed E-state index contributed by atoms with van der Waals surface area (Å²) in [6.07, 6.45) is 3.01. The lowest BCUT2D eigenvalue weighted by atomic mass is 10.0. The van der Waals surface area contributed by atoms with Crippen molar-refractivity contribution in [2.45, 2.75) is 45.3 Å². The maximum Gasteiger partial charge on any atom is 0.0524 e. The van der Waals surface area contributed by atoms with Crippen LogP contribution >= 0.6 is 0 Å². The van der Waals surface area contributed by atoms with Crippen LogP contribution in [0.1, 0.15) is 42.5 Å². The Morgan fingerprint density at radius 1 is 1.50 bits per heavy atom. The fourth-order valence-electron chi connectivity index (χ4n) is 2.52. The van der Waals surface area contributed by atoms with Crippen LogP contribution in [-0.2, 0) is 6.42 Å². The summed E-state index contributed by atoms with van der Waals surface area (Å²) in [4.78, 5) is 0. The van der Waals surface area contributed by atoms with Gasteiger partial charge in [-0.2, -0.15) is 0 Å². The molecule has 0 radical (unpaired) electrons. The summed E-state index contributed by atoms with van der Waals surface area (Å²) in [6.45, 7) is 4.93. The van der Waals surface area contributed by atoms with Gasteiger partial charge in [-0.05, 0) is 56.3 Å². The summed E-state index contributed by atoms with van der Waals surface area (Å²) in [5.41, 5.74) is 4.40. The second-order valence-corrected chi connectivity index (χ2v) is 4.83. The second kappa shape index (κ2) is 4.98. The zero-order chi connectivity index (χ0) is 11.5. The second-order valence-electron chi connectivity index (χ2n) is 4.83. The first kappa shape index (κ1) is 11.6. The summed E-state index contributed by atoms with van der Waals surface area (Å²) < 4.78 is 0. The van der Waals surface area contributed by atoms with Crippen molar-refractivity contribution < 1.29 is 5.11 Å². The van der Waals surface area contributed by atoms with Crippen LogP contribution in [0, 0.1) is 6.92 Å². The van der Waals surface area contributed by atoms with Crippen LogP contribution in [0.2, 0.25) is 0 Å². The number of hydrogen-bond donors (Lipinski definition) is 2. The molecule has 0 heterocycles. The van der Waals surface area contributed by atoms with E-state index in [1.165, 1.54) is 29.5 Å². The predicted molar refractivity (Wildman–Crippen MR) is 66.5 cm³/mol. The van der Waals surface area contributed by atoms with E-state index in [9.17, 15) is 5.11 Å². The molecule has 0 fully saturated rings. The zero-order valence-corrected chi connectivity index (χ0v) is 10.2. The molecule has 0 aliphatic heterocycles. The molecule has 0 spiro atoms. The molecule has 0 saturated carbocycles. The minimum atomic E-state index is -0.203. The molecule has 2 rings (SSSR count). The highest BCUT2D eigenvalue weighted by molar-refractivity contribution is 5.40. The SMILES string of the molecule is Cc1cccc2c1CCC2NCCC(C)O. The van der Waals surface area contributed by atoms with Gasteiger partial charge in [-0.1, -0.05) is 18.2 Å².